The Morgan fingerprint density at radius 1 is 1.23 bits per heavy atom. The average molecular weight is 174 g/mol. The van der Waals surface area contributed by atoms with Gasteiger partial charge in [-0.25, -0.2) is 4.68 Å². The summed E-state index contributed by atoms with van der Waals surface area (Å²) in [7, 11) is 0. The second-order valence-corrected chi connectivity index (χ2v) is 2.64. The van der Waals surface area contributed by atoms with Crippen LogP contribution in [0.2, 0.25) is 0 Å². The Hall–Kier alpha value is -1.81. The molecule has 0 radical (unpaired) electrons. The van der Waals surface area contributed by atoms with Crippen molar-refractivity contribution in [3.8, 4) is 5.69 Å². The molecule has 2 aromatic rings. The van der Waals surface area contributed by atoms with E-state index in [1.54, 1.807) is 10.9 Å². The Kier molecular flexibility index (Phi) is 1.97. The van der Waals surface area contributed by atoms with E-state index in [9.17, 15) is 0 Å². The molecule has 66 valence electrons. The van der Waals surface area contributed by atoms with Gasteiger partial charge in [-0.2, -0.15) is 5.10 Å². The maximum Gasteiger partial charge on any atom is 0.0647 e. The first-order valence-electron chi connectivity index (χ1n) is 3.97. The molecule has 3 N–H and O–H groups in total. The smallest absolute Gasteiger partial charge is 0.0647 e. The Bertz CT molecular complexity index is 363. The molecule has 0 fully saturated rings. The van der Waals surface area contributed by atoms with Crippen LogP contribution in [0.5, 0.6) is 0 Å². The Morgan fingerprint density at radius 2 is 2.00 bits per heavy atom. The van der Waals surface area contributed by atoms with Gasteiger partial charge in [-0.1, -0.05) is 0 Å². The number of benzene rings is 1. The van der Waals surface area contributed by atoms with Crippen molar-refractivity contribution in [2.45, 2.75) is 0 Å². The van der Waals surface area contributed by atoms with E-state index < -0.39 is 0 Å². The van der Waals surface area contributed by atoms with E-state index >= 15 is 0 Å². The van der Waals surface area contributed by atoms with Gasteiger partial charge < -0.3 is 5.43 Å². The van der Waals surface area contributed by atoms with Crippen molar-refractivity contribution in [2.75, 3.05) is 5.43 Å². The first-order valence-corrected chi connectivity index (χ1v) is 3.97. The van der Waals surface area contributed by atoms with Gasteiger partial charge in [0.25, 0.3) is 0 Å². The van der Waals surface area contributed by atoms with Crippen LogP contribution >= 0.6 is 0 Å². The zero-order valence-corrected chi connectivity index (χ0v) is 7.01. The maximum atomic E-state index is 5.25. The third-order valence-electron chi connectivity index (χ3n) is 1.80. The van der Waals surface area contributed by atoms with Crippen LogP contribution in [0, 0.1) is 0 Å². The van der Waals surface area contributed by atoms with Crippen molar-refractivity contribution < 1.29 is 0 Å². The zero-order valence-electron chi connectivity index (χ0n) is 7.01. The molecule has 4 nitrogen and oxygen atoms in total. The highest BCUT2D eigenvalue weighted by molar-refractivity contribution is 5.47. The largest absolute Gasteiger partial charge is 0.324 e. The summed E-state index contributed by atoms with van der Waals surface area (Å²) in [6, 6.07) is 9.58. The van der Waals surface area contributed by atoms with Crippen LogP contribution in [0.1, 0.15) is 0 Å². The van der Waals surface area contributed by atoms with Crippen molar-refractivity contribution in [2.24, 2.45) is 5.84 Å². The molecule has 1 aromatic carbocycles. The van der Waals surface area contributed by atoms with Crippen LogP contribution in [-0.2, 0) is 0 Å². The van der Waals surface area contributed by atoms with E-state index in [1.807, 2.05) is 36.5 Å². The molecule has 2 rings (SSSR count). The lowest BCUT2D eigenvalue weighted by molar-refractivity contribution is 0.880. The van der Waals surface area contributed by atoms with E-state index in [2.05, 4.69) is 10.5 Å². The number of anilines is 1. The summed E-state index contributed by atoms with van der Waals surface area (Å²) < 4.78 is 1.79. The highest BCUT2D eigenvalue weighted by Crippen LogP contribution is 2.10. The molecule has 4 heteroatoms. The fourth-order valence-electron chi connectivity index (χ4n) is 1.13. The van der Waals surface area contributed by atoms with Gasteiger partial charge in [0.05, 0.1) is 5.69 Å². The van der Waals surface area contributed by atoms with Gasteiger partial charge in [-0.15, -0.1) is 0 Å². The average Bonchev–Trinajstić information content (AvgIpc) is 2.71. The number of aromatic nitrogens is 2. The van der Waals surface area contributed by atoms with Gasteiger partial charge in [-0.3, -0.25) is 5.84 Å². The molecule has 0 aliphatic rings. The van der Waals surface area contributed by atoms with Crippen molar-refractivity contribution in [1.82, 2.24) is 9.78 Å². The van der Waals surface area contributed by atoms with Crippen molar-refractivity contribution in [1.29, 1.82) is 0 Å². The van der Waals surface area contributed by atoms with Crippen LogP contribution in [0.25, 0.3) is 5.69 Å². The molecular weight excluding hydrogens is 164 g/mol. The SMILES string of the molecule is NNc1ccc(-n2cccn2)cc1. The number of nitrogens with one attached hydrogen (secondary N) is 1. The standard InChI is InChI=1S/C9H10N4/c10-12-8-2-4-9(5-3-8)13-7-1-6-11-13/h1-7,12H,10H2. The number of nitrogens with two attached hydrogens (primary N) is 1. The molecule has 1 heterocycles. The molecule has 0 aliphatic carbocycles. The first-order chi connectivity index (χ1) is 6.40. The van der Waals surface area contributed by atoms with Gasteiger partial charge in [0.15, 0.2) is 0 Å². The minimum Gasteiger partial charge on any atom is -0.324 e. The molecule has 0 amide bonds. The monoisotopic (exact) mass is 174 g/mol. The molecular formula is C9H10N4. The molecule has 1 aromatic heterocycles. The molecule has 0 unspecified atom stereocenters. The summed E-state index contributed by atoms with van der Waals surface area (Å²) in [5.41, 5.74) is 4.47. The maximum absolute atomic E-state index is 5.25. The predicted molar refractivity (Wildman–Crippen MR) is 51.4 cm³/mol. The Labute approximate surface area is 76.0 Å². The zero-order chi connectivity index (χ0) is 9.10. The minimum absolute atomic E-state index is 0.885. The van der Waals surface area contributed by atoms with Gasteiger partial charge in [0.1, 0.15) is 0 Å². The summed E-state index contributed by atoms with van der Waals surface area (Å²) in [6.45, 7) is 0. The van der Waals surface area contributed by atoms with E-state index in [4.69, 9.17) is 5.84 Å². The van der Waals surface area contributed by atoms with Gasteiger partial charge in [-0.05, 0) is 30.3 Å². The number of rotatable bonds is 2. The molecule has 0 saturated heterocycles. The first kappa shape index (κ1) is 7.82. The normalized spacial score (nSPS) is 9.92. The van der Waals surface area contributed by atoms with Gasteiger partial charge in [0.2, 0.25) is 0 Å². The Balaban J connectivity index is 2.33. The minimum atomic E-state index is 0.885. The number of hydrazine groups is 1. The topological polar surface area (TPSA) is 55.9 Å². The van der Waals surface area contributed by atoms with Gasteiger partial charge >= 0.3 is 0 Å². The molecule has 0 atom stereocenters. The lowest BCUT2D eigenvalue weighted by Gasteiger charge is -2.02. The lowest BCUT2D eigenvalue weighted by Crippen LogP contribution is -2.06. The molecule has 13 heavy (non-hydrogen) atoms. The summed E-state index contributed by atoms with van der Waals surface area (Å²) in [4.78, 5) is 0. The summed E-state index contributed by atoms with van der Waals surface area (Å²) >= 11 is 0. The van der Waals surface area contributed by atoms with E-state index in [0.29, 0.717) is 0 Å². The van der Waals surface area contributed by atoms with Crippen LogP contribution in [0.3, 0.4) is 0 Å². The van der Waals surface area contributed by atoms with E-state index in [-0.39, 0.29) is 0 Å². The second-order valence-electron chi connectivity index (χ2n) is 2.64. The van der Waals surface area contributed by atoms with Crippen LogP contribution in [0.15, 0.2) is 42.7 Å². The molecule has 0 aliphatic heterocycles. The lowest BCUT2D eigenvalue weighted by atomic mass is 10.3. The van der Waals surface area contributed by atoms with E-state index in [1.165, 1.54) is 0 Å². The highest BCUT2D eigenvalue weighted by atomic mass is 15.3. The molecule has 0 saturated carbocycles. The summed E-state index contributed by atoms with van der Waals surface area (Å²) in [5.74, 6) is 5.25. The number of hydrogen-bond donors (Lipinski definition) is 2. The third-order valence-corrected chi connectivity index (χ3v) is 1.80. The van der Waals surface area contributed by atoms with Crippen molar-refractivity contribution in [3.63, 3.8) is 0 Å². The van der Waals surface area contributed by atoms with E-state index in [0.717, 1.165) is 11.4 Å². The second kappa shape index (κ2) is 3.28. The van der Waals surface area contributed by atoms with Crippen LogP contribution in [-0.4, -0.2) is 9.78 Å². The van der Waals surface area contributed by atoms with Crippen molar-refractivity contribution in [3.05, 3.63) is 42.7 Å². The summed E-state index contributed by atoms with van der Waals surface area (Å²) in [6.07, 6.45) is 3.64. The third kappa shape index (κ3) is 1.52. The van der Waals surface area contributed by atoms with Crippen molar-refractivity contribution >= 4 is 5.69 Å². The number of hydrogen-bond acceptors (Lipinski definition) is 3. The van der Waals surface area contributed by atoms with Crippen LogP contribution < -0.4 is 11.3 Å². The number of nitrogens with zero attached hydrogens (tertiary/aromatic N) is 2. The summed E-state index contributed by atoms with van der Waals surface area (Å²) in [5, 5.41) is 4.11. The Morgan fingerprint density at radius 3 is 2.54 bits per heavy atom. The van der Waals surface area contributed by atoms with Gasteiger partial charge in [0, 0.05) is 18.1 Å². The number of nitrogen functional groups attached to an aromatic ring is 1. The molecule has 0 bridgehead atoms. The van der Waals surface area contributed by atoms with Crippen LogP contribution in [0.4, 0.5) is 5.69 Å². The fraction of sp³-hybridized carbons (Fsp3) is 0. The fourth-order valence-corrected chi connectivity index (χ4v) is 1.13. The molecule has 0 spiro atoms. The predicted octanol–water partition coefficient (Wildman–Crippen LogP) is 1.16. The highest BCUT2D eigenvalue weighted by Gasteiger charge is 1.94. The quantitative estimate of drug-likeness (QED) is 0.530.